The summed E-state index contributed by atoms with van der Waals surface area (Å²) in [4.78, 5) is 35.3. The maximum absolute atomic E-state index is 11.7. The molecular formula is C11H11ClN4O4. The van der Waals surface area contributed by atoms with Gasteiger partial charge in [-0.2, -0.15) is 0 Å². The van der Waals surface area contributed by atoms with Crippen molar-refractivity contribution in [1.82, 2.24) is 15.6 Å². The number of carbonyl (C=O) groups excluding carboxylic acids is 2. The van der Waals surface area contributed by atoms with Crippen LogP contribution in [0.4, 0.5) is 0 Å². The van der Waals surface area contributed by atoms with E-state index in [9.17, 15) is 19.7 Å². The van der Waals surface area contributed by atoms with E-state index in [1.165, 1.54) is 12.3 Å². The van der Waals surface area contributed by atoms with Crippen LogP contribution < -0.4 is 10.6 Å². The van der Waals surface area contributed by atoms with Gasteiger partial charge in [0.2, 0.25) is 5.91 Å². The van der Waals surface area contributed by atoms with Gasteiger partial charge in [-0.3, -0.25) is 14.9 Å². The average molecular weight is 299 g/mol. The summed E-state index contributed by atoms with van der Waals surface area (Å²) in [5.41, 5.74) is 0.600. The van der Waals surface area contributed by atoms with Crippen molar-refractivity contribution in [2.75, 3.05) is 6.54 Å². The third-order valence-electron chi connectivity index (χ3n) is 2.04. The summed E-state index contributed by atoms with van der Waals surface area (Å²) in [5.74, 6) is -0.644. The van der Waals surface area contributed by atoms with Gasteiger partial charge in [0.15, 0.2) is 5.82 Å². The quantitative estimate of drug-likeness (QED) is 0.323. The number of carbonyl (C=O) groups is 2. The zero-order valence-corrected chi connectivity index (χ0v) is 11.0. The number of nitrogens with zero attached hydrogens (tertiary/aromatic N) is 2. The highest BCUT2D eigenvalue weighted by Crippen LogP contribution is 2.05. The minimum absolute atomic E-state index is 0.0258. The molecule has 9 heteroatoms. The normalized spacial score (nSPS) is 10.8. The topological polar surface area (TPSA) is 114 Å². The number of aldehydes is 1. The Hall–Kier alpha value is -2.48. The number of hydrogen-bond acceptors (Lipinski definition) is 6. The lowest BCUT2D eigenvalue weighted by Crippen LogP contribution is -2.34. The summed E-state index contributed by atoms with van der Waals surface area (Å²) < 4.78 is 0. The smallest absolute Gasteiger partial charge is 0.274 e. The highest BCUT2D eigenvalue weighted by molar-refractivity contribution is 6.29. The number of pyridine rings is 1. The molecule has 0 fully saturated rings. The fourth-order valence-corrected chi connectivity index (χ4v) is 1.38. The lowest BCUT2D eigenvalue weighted by atomic mass is 10.2. The van der Waals surface area contributed by atoms with Crippen LogP contribution in [0.1, 0.15) is 5.56 Å². The van der Waals surface area contributed by atoms with Gasteiger partial charge in [0.25, 0.3) is 6.20 Å². The molecule has 1 aromatic rings. The minimum atomic E-state index is -0.739. The Kier molecular flexibility index (Phi) is 6.11. The van der Waals surface area contributed by atoms with E-state index >= 15 is 0 Å². The molecule has 1 heterocycles. The summed E-state index contributed by atoms with van der Waals surface area (Å²) in [5, 5.41) is 15.4. The van der Waals surface area contributed by atoms with Crippen molar-refractivity contribution in [2.24, 2.45) is 0 Å². The fourth-order valence-electron chi connectivity index (χ4n) is 1.27. The average Bonchev–Trinajstić information content (AvgIpc) is 2.38. The lowest BCUT2D eigenvalue weighted by molar-refractivity contribution is -0.404. The molecule has 0 spiro atoms. The minimum Gasteiger partial charge on any atom is -0.360 e. The first kappa shape index (κ1) is 15.6. The van der Waals surface area contributed by atoms with Crippen LogP contribution in [0.15, 0.2) is 30.4 Å². The van der Waals surface area contributed by atoms with Gasteiger partial charge in [0.1, 0.15) is 11.4 Å². The first-order valence-electron chi connectivity index (χ1n) is 5.44. The van der Waals surface area contributed by atoms with E-state index in [1.807, 2.05) is 0 Å². The fraction of sp³-hybridized carbons (Fsp3) is 0.182. The van der Waals surface area contributed by atoms with E-state index < -0.39 is 10.8 Å². The number of amides is 1. The second-order valence-electron chi connectivity index (χ2n) is 3.59. The van der Waals surface area contributed by atoms with Crippen LogP contribution in [0.25, 0.3) is 0 Å². The molecular weight excluding hydrogens is 288 g/mol. The van der Waals surface area contributed by atoms with E-state index in [4.69, 9.17) is 11.6 Å². The largest absolute Gasteiger partial charge is 0.360 e. The Balaban J connectivity index is 2.63. The molecule has 1 amide bonds. The van der Waals surface area contributed by atoms with Crippen molar-refractivity contribution in [1.29, 1.82) is 0 Å². The maximum Gasteiger partial charge on any atom is 0.274 e. The molecule has 0 bridgehead atoms. The zero-order valence-electron chi connectivity index (χ0n) is 10.2. The van der Waals surface area contributed by atoms with Crippen LogP contribution >= 0.6 is 11.6 Å². The van der Waals surface area contributed by atoms with Gasteiger partial charge < -0.3 is 15.4 Å². The van der Waals surface area contributed by atoms with Crippen LogP contribution in [0.3, 0.4) is 0 Å². The Morgan fingerprint density at radius 2 is 2.25 bits per heavy atom. The molecule has 8 nitrogen and oxygen atoms in total. The van der Waals surface area contributed by atoms with Crippen LogP contribution in [0.2, 0.25) is 5.15 Å². The molecule has 0 radical (unpaired) electrons. The molecule has 0 aliphatic heterocycles. The molecule has 0 unspecified atom stereocenters. The molecule has 106 valence electrons. The number of nitro groups is 1. The number of rotatable bonds is 7. The van der Waals surface area contributed by atoms with Gasteiger partial charge in [-0.05, 0) is 11.6 Å². The third kappa shape index (κ3) is 5.91. The summed E-state index contributed by atoms with van der Waals surface area (Å²) in [6, 6.07) is 3.15. The van der Waals surface area contributed by atoms with Gasteiger partial charge in [0.05, 0.1) is 17.9 Å². The predicted octanol–water partition coefficient (Wildman–Crippen LogP) is 0.258. The number of nitrogens with one attached hydrogen (secondary N) is 2. The number of aromatic nitrogens is 1. The number of hydrogen-bond donors (Lipinski definition) is 2. The molecule has 0 saturated carbocycles. The Morgan fingerprint density at radius 1 is 1.50 bits per heavy atom. The van der Waals surface area contributed by atoms with Gasteiger partial charge in [-0.25, -0.2) is 4.98 Å². The zero-order chi connectivity index (χ0) is 15.0. The van der Waals surface area contributed by atoms with Gasteiger partial charge in [0, 0.05) is 6.20 Å². The monoisotopic (exact) mass is 298 g/mol. The van der Waals surface area contributed by atoms with E-state index in [-0.39, 0.29) is 18.8 Å². The standard InChI is InChI=1S/C11H11ClN4O4/c12-9-2-1-8(6-14-9)5-11(18)15-10(7-16(19)20)13-3-4-17/h1-2,4,6-7,13H,3,5H2,(H,15,18)/b10-7+. The van der Waals surface area contributed by atoms with Gasteiger partial charge in [-0.1, -0.05) is 17.7 Å². The third-order valence-corrected chi connectivity index (χ3v) is 2.26. The predicted molar refractivity (Wildman–Crippen MR) is 70.2 cm³/mol. The van der Waals surface area contributed by atoms with E-state index in [0.717, 1.165) is 0 Å². The van der Waals surface area contributed by atoms with E-state index in [2.05, 4.69) is 15.6 Å². The number of halogens is 1. The van der Waals surface area contributed by atoms with Crippen LogP contribution in [0.5, 0.6) is 0 Å². The Morgan fingerprint density at radius 3 is 2.80 bits per heavy atom. The Labute approximate surface area is 119 Å². The molecule has 0 aliphatic carbocycles. The summed E-state index contributed by atoms with van der Waals surface area (Å²) in [7, 11) is 0. The van der Waals surface area contributed by atoms with E-state index in [0.29, 0.717) is 23.2 Å². The highest BCUT2D eigenvalue weighted by atomic mass is 35.5. The molecule has 20 heavy (non-hydrogen) atoms. The van der Waals surface area contributed by atoms with Crippen LogP contribution in [-0.2, 0) is 16.0 Å². The molecule has 0 saturated heterocycles. The summed E-state index contributed by atoms with van der Waals surface area (Å²) in [6.45, 7) is -0.150. The second-order valence-corrected chi connectivity index (χ2v) is 3.98. The first-order valence-corrected chi connectivity index (χ1v) is 5.82. The van der Waals surface area contributed by atoms with Crippen molar-refractivity contribution in [2.45, 2.75) is 6.42 Å². The second kappa shape index (κ2) is 7.85. The SMILES string of the molecule is O=CCN/C(=C\[N+](=O)[O-])NC(=O)Cc1ccc(Cl)nc1. The molecule has 2 N–H and O–H groups in total. The van der Waals surface area contributed by atoms with Crippen LogP contribution in [0, 0.1) is 10.1 Å². The van der Waals surface area contributed by atoms with E-state index in [1.54, 1.807) is 6.07 Å². The molecule has 0 aromatic carbocycles. The van der Waals surface area contributed by atoms with Crippen molar-refractivity contribution >= 4 is 23.8 Å². The first-order chi connectivity index (χ1) is 9.51. The molecule has 0 aliphatic rings. The molecule has 0 atom stereocenters. The Bertz CT molecular complexity index is 530. The van der Waals surface area contributed by atoms with Crippen LogP contribution in [-0.4, -0.2) is 28.6 Å². The maximum atomic E-state index is 11.7. The van der Waals surface area contributed by atoms with Crippen molar-refractivity contribution in [3.8, 4) is 0 Å². The highest BCUT2D eigenvalue weighted by Gasteiger charge is 2.09. The van der Waals surface area contributed by atoms with Crippen molar-refractivity contribution < 1.29 is 14.5 Å². The van der Waals surface area contributed by atoms with Gasteiger partial charge in [-0.15, -0.1) is 0 Å². The van der Waals surface area contributed by atoms with Gasteiger partial charge >= 0.3 is 0 Å². The molecule has 1 rings (SSSR count). The summed E-state index contributed by atoms with van der Waals surface area (Å²) >= 11 is 5.61. The van der Waals surface area contributed by atoms with Crippen molar-refractivity contribution in [3.63, 3.8) is 0 Å². The molecule has 1 aromatic heterocycles. The summed E-state index contributed by atoms with van der Waals surface area (Å²) in [6.07, 6.45) is 2.49. The lowest BCUT2D eigenvalue weighted by Gasteiger charge is -2.08. The van der Waals surface area contributed by atoms with Crippen molar-refractivity contribution in [3.05, 3.63) is 51.2 Å².